The highest BCUT2D eigenvalue weighted by atomic mass is 16.3. The molecule has 0 spiro atoms. The zero-order chi connectivity index (χ0) is 11.8. The average molecular weight is 223 g/mol. The molecule has 0 bridgehead atoms. The lowest BCUT2D eigenvalue weighted by atomic mass is 10.0. The fourth-order valence-electron chi connectivity index (χ4n) is 1.63. The second-order valence-electron chi connectivity index (χ2n) is 3.94. The van der Waals surface area contributed by atoms with E-state index < -0.39 is 6.10 Å². The van der Waals surface area contributed by atoms with E-state index in [0.29, 0.717) is 13.1 Å². The smallest absolute Gasteiger partial charge is 0.0914 e. The van der Waals surface area contributed by atoms with Crippen LogP contribution < -0.4 is 5.32 Å². The maximum atomic E-state index is 9.82. The van der Waals surface area contributed by atoms with Gasteiger partial charge in [-0.1, -0.05) is 37.6 Å². The van der Waals surface area contributed by atoms with Crippen LogP contribution in [0.3, 0.4) is 0 Å². The molecule has 0 aliphatic heterocycles. The number of benzene rings is 1. The van der Waals surface area contributed by atoms with Crippen LogP contribution in [0, 0.1) is 0 Å². The number of rotatable bonds is 7. The molecule has 90 valence electrons. The van der Waals surface area contributed by atoms with Gasteiger partial charge >= 0.3 is 0 Å². The van der Waals surface area contributed by atoms with Crippen molar-refractivity contribution in [1.29, 1.82) is 0 Å². The van der Waals surface area contributed by atoms with E-state index in [9.17, 15) is 5.11 Å². The van der Waals surface area contributed by atoms with Gasteiger partial charge in [-0.3, -0.25) is 0 Å². The fraction of sp³-hybridized carbons (Fsp3) is 0.538. The standard InChI is InChI=1S/C13H21NO2/c1-2-3-11-4-6-12(7-5-11)13(16)10-14-8-9-15/h4-7,13-16H,2-3,8-10H2,1H3. The molecule has 3 N–H and O–H groups in total. The number of aryl methyl sites for hydroxylation is 1. The number of nitrogens with one attached hydrogen (secondary N) is 1. The van der Waals surface area contributed by atoms with Gasteiger partial charge in [0.1, 0.15) is 0 Å². The summed E-state index contributed by atoms with van der Waals surface area (Å²) < 4.78 is 0. The molecule has 1 aromatic rings. The van der Waals surface area contributed by atoms with Gasteiger partial charge in [0.2, 0.25) is 0 Å². The first kappa shape index (κ1) is 13.2. The van der Waals surface area contributed by atoms with Gasteiger partial charge in [-0.2, -0.15) is 0 Å². The second kappa shape index (κ2) is 7.39. The first-order valence-corrected chi connectivity index (χ1v) is 5.86. The van der Waals surface area contributed by atoms with E-state index in [1.54, 1.807) is 0 Å². The molecule has 0 saturated carbocycles. The number of aliphatic hydroxyl groups excluding tert-OH is 2. The average Bonchev–Trinajstić information content (AvgIpc) is 2.30. The highest BCUT2D eigenvalue weighted by Crippen LogP contribution is 2.13. The molecule has 0 saturated heterocycles. The molecule has 0 heterocycles. The largest absolute Gasteiger partial charge is 0.395 e. The lowest BCUT2D eigenvalue weighted by Crippen LogP contribution is -2.24. The van der Waals surface area contributed by atoms with E-state index in [1.807, 2.05) is 12.1 Å². The van der Waals surface area contributed by atoms with Crippen molar-refractivity contribution in [3.63, 3.8) is 0 Å². The van der Waals surface area contributed by atoms with Crippen molar-refractivity contribution in [2.24, 2.45) is 0 Å². The van der Waals surface area contributed by atoms with E-state index in [0.717, 1.165) is 18.4 Å². The normalized spacial score (nSPS) is 12.7. The Morgan fingerprint density at radius 1 is 1.25 bits per heavy atom. The third kappa shape index (κ3) is 4.31. The minimum absolute atomic E-state index is 0.0994. The molecule has 0 aliphatic carbocycles. The minimum atomic E-state index is -0.498. The van der Waals surface area contributed by atoms with Crippen LogP contribution in [0.15, 0.2) is 24.3 Å². The number of hydrogen-bond acceptors (Lipinski definition) is 3. The van der Waals surface area contributed by atoms with Crippen molar-refractivity contribution in [3.05, 3.63) is 35.4 Å². The lowest BCUT2D eigenvalue weighted by molar-refractivity contribution is 0.171. The van der Waals surface area contributed by atoms with Crippen LogP contribution in [0.25, 0.3) is 0 Å². The summed E-state index contributed by atoms with van der Waals surface area (Å²) in [5.41, 5.74) is 2.23. The SMILES string of the molecule is CCCc1ccc(C(O)CNCCO)cc1. The van der Waals surface area contributed by atoms with Gasteiger partial charge in [-0.15, -0.1) is 0 Å². The molecular formula is C13H21NO2. The summed E-state index contributed by atoms with van der Waals surface area (Å²) in [4.78, 5) is 0. The van der Waals surface area contributed by atoms with Gasteiger partial charge in [0, 0.05) is 13.1 Å². The summed E-state index contributed by atoms with van der Waals surface area (Å²) in [6.45, 7) is 3.25. The van der Waals surface area contributed by atoms with E-state index in [4.69, 9.17) is 5.11 Å². The van der Waals surface area contributed by atoms with Gasteiger partial charge in [-0.25, -0.2) is 0 Å². The maximum absolute atomic E-state index is 9.82. The summed E-state index contributed by atoms with van der Waals surface area (Å²) in [6.07, 6.45) is 1.72. The monoisotopic (exact) mass is 223 g/mol. The molecular weight excluding hydrogens is 202 g/mol. The van der Waals surface area contributed by atoms with Crippen LogP contribution in [-0.4, -0.2) is 29.9 Å². The minimum Gasteiger partial charge on any atom is -0.395 e. The zero-order valence-corrected chi connectivity index (χ0v) is 9.82. The Labute approximate surface area is 97.1 Å². The van der Waals surface area contributed by atoms with Gasteiger partial charge in [0.15, 0.2) is 0 Å². The van der Waals surface area contributed by atoms with E-state index in [-0.39, 0.29) is 6.61 Å². The van der Waals surface area contributed by atoms with Gasteiger partial charge < -0.3 is 15.5 Å². The summed E-state index contributed by atoms with van der Waals surface area (Å²) in [7, 11) is 0. The van der Waals surface area contributed by atoms with Crippen molar-refractivity contribution < 1.29 is 10.2 Å². The topological polar surface area (TPSA) is 52.5 Å². The van der Waals surface area contributed by atoms with Crippen LogP contribution in [-0.2, 0) is 6.42 Å². The highest BCUT2D eigenvalue weighted by molar-refractivity contribution is 5.24. The summed E-state index contributed by atoms with van der Waals surface area (Å²) in [6, 6.07) is 8.06. The molecule has 1 unspecified atom stereocenters. The van der Waals surface area contributed by atoms with Crippen molar-refractivity contribution in [2.45, 2.75) is 25.9 Å². The van der Waals surface area contributed by atoms with Crippen LogP contribution in [0.5, 0.6) is 0 Å². The predicted octanol–water partition coefficient (Wildman–Crippen LogP) is 1.25. The molecule has 3 nitrogen and oxygen atoms in total. The van der Waals surface area contributed by atoms with Crippen molar-refractivity contribution in [3.8, 4) is 0 Å². The Hall–Kier alpha value is -0.900. The first-order valence-electron chi connectivity index (χ1n) is 5.86. The van der Waals surface area contributed by atoms with Gasteiger partial charge in [0.25, 0.3) is 0 Å². The third-order valence-electron chi connectivity index (χ3n) is 2.53. The molecule has 0 aliphatic rings. The Morgan fingerprint density at radius 2 is 1.94 bits per heavy atom. The van der Waals surface area contributed by atoms with Gasteiger partial charge in [0.05, 0.1) is 12.7 Å². The molecule has 1 rings (SSSR count). The van der Waals surface area contributed by atoms with Gasteiger partial charge in [-0.05, 0) is 17.5 Å². The third-order valence-corrected chi connectivity index (χ3v) is 2.53. The number of hydrogen-bond donors (Lipinski definition) is 3. The summed E-state index contributed by atoms with van der Waals surface area (Å²) in [5, 5.41) is 21.4. The Balaban J connectivity index is 2.46. The summed E-state index contributed by atoms with van der Waals surface area (Å²) in [5.74, 6) is 0. The quantitative estimate of drug-likeness (QED) is 0.610. The maximum Gasteiger partial charge on any atom is 0.0914 e. The second-order valence-corrected chi connectivity index (χ2v) is 3.94. The molecule has 0 radical (unpaired) electrons. The van der Waals surface area contributed by atoms with Crippen LogP contribution in [0.2, 0.25) is 0 Å². The zero-order valence-electron chi connectivity index (χ0n) is 9.82. The molecule has 16 heavy (non-hydrogen) atoms. The van der Waals surface area contributed by atoms with Crippen LogP contribution in [0.4, 0.5) is 0 Å². The molecule has 0 amide bonds. The Kier molecular flexibility index (Phi) is 6.08. The van der Waals surface area contributed by atoms with Crippen LogP contribution >= 0.6 is 0 Å². The first-order chi connectivity index (χ1) is 7.77. The van der Waals surface area contributed by atoms with Crippen LogP contribution in [0.1, 0.15) is 30.6 Å². The van der Waals surface area contributed by atoms with Crippen molar-refractivity contribution in [2.75, 3.05) is 19.7 Å². The number of aliphatic hydroxyl groups is 2. The molecule has 1 aromatic carbocycles. The molecule has 0 aromatic heterocycles. The summed E-state index contributed by atoms with van der Waals surface area (Å²) >= 11 is 0. The Bertz CT molecular complexity index is 284. The van der Waals surface area contributed by atoms with E-state index in [2.05, 4.69) is 24.4 Å². The van der Waals surface area contributed by atoms with E-state index in [1.165, 1.54) is 5.56 Å². The molecule has 0 fully saturated rings. The Morgan fingerprint density at radius 3 is 2.50 bits per heavy atom. The predicted molar refractivity (Wildman–Crippen MR) is 65.4 cm³/mol. The fourth-order valence-corrected chi connectivity index (χ4v) is 1.63. The lowest BCUT2D eigenvalue weighted by Gasteiger charge is -2.12. The van der Waals surface area contributed by atoms with Crippen molar-refractivity contribution >= 4 is 0 Å². The van der Waals surface area contributed by atoms with E-state index >= 15 is 0 Å². The molecule has 3 heteroatoms. The molecule has 1 atom stereocenters. The highest BCUT2D eigenvalue weighted by Gasteiger charge is 2.06. The van der Waals surface area contributed by atoms with Crippen molar-refractivity contribution in [1.82, 2.24) is 5.32 Å².